The molecule has 4 N–H and O–H groups in total. The summed E-state index contributed by atoms with van der Waals surface area (Å²) in [5.74, 6) is -0.948. The summed E-state index contributed by atoms with van der Waals surface area (Å²) in [6, 6.07) is 2.78. The lowest BCUT2D eigenvalue weighted by Gasteiger charge is -2.15. The van der Waals surface area contributed by atoms with E-state index < -0.39 is 17.9 Å². The van der Waals surface area contributed by atoms with E-state index in [1.165, 1.54) is 31.4 Å². The second-order valence-corrected chi connectivity index (χ2v) is 5.26. The summed E-state index contributed by atoms with van der Waals surface area (Å²) in [5, 5.41) is 19.8. The van der Waals surface area contributed by atoms with Crippen LogP contribution in [0.4, 0.5) is 0 Å². The minimum atomic E-state index is -1.09. The molecular formula is C17H22O8. The van der Waals surface area contributed by atoms with Gasteiger partial charge in [-0.05, 0) is 25.3 Å². The third kappa shape index (κ3) is 5.47. The van der Waals surface area contributed by atoms with E-state index in [0.29, 0.717) is 18.6 Å². The quantitative estimate of drug-likeness (QED) is 0.712. The Labute approximate surface area is 144 Å². The molecule has 0 spiro atoms. The van der Waals surface area contributed by atoms with Crippen LogP contribution in [0.5, 0.6) is 17.2 Å². The number of benzene rings is 1. The molecule has 0 unspecified atom stereocenters. The Kier molecular flexibility index (Phi) is 7.90. The maximum Gasteiger partial charge on any atom is 0.345 e. The van der Waals surface area contributed by atoms with Crippen molar-refractivity contribution in [1.29, 1.82) is 0 Å². The minimum absolute atomic E-state index is 0. The molecule has 1 heterocycles. The molecule has 1 aliphatic rings. The number of ketones is 1. The number of methoxy groups -OCH3 is 1. The summed E-state index contributed by atoms with van der Waals surface area (Å²) in [6.45, 7) is 0.185. The van der Waals surface area contributed by atoms with Crippen LogP contribution in [0.1, 0.15) is 29.6 Å². The van der Waals surface area contributed by atoms with Gasteiger partial charge in [0.05, 0.1) is 20.3 Å². The molecule has 1 aliphatic heterocycles. The first kappa shape index (κ1) is 20.5. The third-order valence-corrected chi connectivity index (χ3v) is 3.50. The van der Waals surface area contributed by atoms with Crippen LogP contribution in [0.2, 0.25) is 0 Å². The highest BCUT2D eigenvalue weighted by Gasteiger charge is 2.21. The average molecular weight is 354 g/mol. The SMILES string of the molecule is COc1cc(O)c2c(c1)OCCC[C@H](O)C(=O)/C=C\CCOC2=O.O. The Balaban J connectivity index is 0.00000312. The second kappa shape index (κ2) is 9.65. The lowest BCUT2D eigenvalue weighted by atomic mass is 10.1. The molecular weight excluding hydrogens is 332 g/mol. The number of carbonyl (C=O) groups is 2. The maximum atomic E-state index is 12.2. The number of fused-ring (bicyclic) bond motifs is 1. The van der Waals surface area contributed by atoms with Crippen molar-refractivity contribution in [1.82, 2.24) is 0 Å². The molecule has 0 aromatic heterocycles. The molecule has 0 saturated heterocycles. The van der Waals surface area contributed by atoms with Gasteiger partial charge in [0.15, 0.2) is 5.78 Å². The summed E-state index contributed by atoms with van der Waals surface area (Å²) in [6.07, 6.45) is 2.68. The second-order valence-electron chi connectivity index (χ2n) is 5.26. The molecule has 138 valence electrons. The van der Waals surface area contributed by atoms with Gasteiger partial charge in [-0.3, -0.25) is 4.79 Å². The number of rotatable bonds is 1. The molecule has 1 aromatic rings. The van der Waals surface area contributed by atoms with Crippen LogP contribution in [0.15, 0.2) is 24.3 Å². The molecule has 0 fully saturated rings. The molecule has 0 amide bonds. The summed E-state index contributed by atoms with van der Waals surface area (Å²) in [4.78, 5) is 23.8. The van der Waals surface area contributed by atoms with E-state index >= 15 is 0 Å². The zero-order valence-corrected chi connectivity index (χ0v) is 13.9. The van der Waals surface area contributed by atoms with Crippen LogP contribution < -0.4 is 9.47 Å². The van der Waals surface area contributed by atoms with E-state index in [1.807, 2.05) is 0 Å². The van der Waals surface area contributed by atoms with Gasteiger partial charge < -0.3 is 29.9 Å². The van der Waals surface area contributed by atoms with Crippen molar-refractivity contribution in [2.75, 3.05) is 20.3 Å². The third-order valence-electron chi connectivity index (χ3n) is 3.50. The number of hydrogen-bond donors (Lipinski definition) is 2. The summed E-state index contributed by atoms with van der Waals surface area (Å²) in [5.41, 5.74) is -0.0755. The number of hydrogen-bond acceptors (Lipinski definition) is 7. The lowest BCUT2D eigenvalue weighted by Crippen LogP contribution is -2.19. The molecule has 25 heavy (non-hydrogen) atoms. The minimum Gasteiger partial charge on any atom is -0.507 e. The van der Waals surface area contributed by atoms with E-state index in [9.17, 15) is 19.8 Å². The van der Waals surface area contributed by atoms with Crippen molar-refractivity contribution < 1.29 is 39.5 Å². The first-order valence-corrected chi connectivity index (χ1v) is 7.62. The van der Waals surface area contributed by atoms with Crippen molar-refractivity contribution in [2.24, 2.45) is 0 Å². The van der Waals surface area contributed by atoms with Crippen molar-refractivity contribution in [3.8, 4) is 17.2 Å². The molecule has 0 bridgehead atoms. The number of aliphatic hydroxyl groups excluding tert-OH is 1. The summed E-state index contributed by atoms with van der Waals surface area (Å²) < 4.78 is 15.7. The number of aliphatic hydroxyl groups is 1. The van der Waals surface area contributed by atoms with Crippen LogP contribution in [-0.4, -0.2) is 53.9 Å². The highest BCUT2D eigenvalue weighted by atomic mass is 16.5. The molecule has 2 rings (SSSR count). The van der Waals surface area contributed by atoms with Gasteiger partial charge in [0.2, 0.25) is 0 Å². The van der Waals surface area contributed by atoms with Crippen LogP contribution in [0, 0.1) is 0 Å². The Hall–Kier alpha value is -2.58. The zero-order valence-electron chi connectivity index (χ0n) is 13.9. The molecule has 8 nitrogen and oxygen atoms in total. The summed E-state index contributed by atoms with van der Waals surface area (Å²) in [7, 11) is 1.43. The molecule has 0 radical (unpaired) electrons. The monoisotopic (exact) mass is 354 g/mol. The number of cyclic esters (lactones) is 1. The number of phenolic OH excluding ortho intramolecular Hbond substituents is 1. The van der Waals surface area contributed by atoms with Crippen LogP contribution in [0.3, 0.4) is 0 Å². The largest absolute Gasteiger partial charge is 0.507 e. The van der Waals surface area contributed by atoms with Gasteiger partial charge in [-0.2, -0.15) is 0 Å². The molecule has 1 aromatic carbocycles. The van der Waals surface area contributed by atoms with Crippen LogP contribution in [0.25, 0.3) is 0 Å². The predicted octanol–water partition coefficient (Wildman–Crippen LogP) is 0.782. The number of aromatic hydroxyl groups is 1. The number of esters is 1. The number of carbonyl (C=O) groups excluding carboxylic acids is 2. The van der Waals surface area contributed by atoms with Gasteiger partial charge >= 0.3 is 5.97 Å². The molecule has 0 aliphatic carbocycles. The lowest BCUT2D eigenvalue weighted by molar-refractivity contribution is -0.122. The number of phenols is 1. The van der Waals surface area contributed by atoms with Crippen molar-refractivity contribution >= 4 is 11.8 Å². The molecule has 8 heteroatoms. The van der Waals surface area contributed by atoms with E-state index in [2.05, 4.69) is 0 Å². The normalized spacial score (nSPS) is 20.2. The van der Waals surface area contributed by atoms with Gasteiger partial charge in [0.25, 0.3) is 0 Å². The Morgan fingerprint density at radius 3 is 2.68 bits per heavy atom. The van der Waals surface area contributed by atoms with E-state index in [-0.39, 0.29) is 42.2 Å². The maximum absolute atomic E-state index is 12.2. The van der Waals surface area contributed by atoms with Crippen molar-refractivity contribution in [3.05, 3.63) is 29.8 Å². The van der Waals surface area contributed by atoms with Gasteiger partial charge in [0, 0.05) is 12.1 Å². The Morgan fingerprint density at radius 1 is 1.20 bits per heavy atom. The van der Waals surface area contributed by atoms with Gasteiger partial charge in [-0.1, -0.05) is 6.08 Å². The van der Waals surface area contributed by atoms with E-state index in [0.717, 1.165) is 0 Å². The van der Waals surface area contributed by atoms with Gasteiger partial charge in [-0.15, -0.1) is 0 Å². The van der Waals surface area contributed by atoms with Gasteiger partial charge in [0.1, 0.15) is 28.9 Å². The van der Waals surface area contributed by atoms with Crippen molar-refractivity contribution in [3.63, 3.8) is 0 Å². The number of ether oxygens (including phenoxy) is 3. The fraction of sp³-hybridized carbons (Fsp3) is 0.412. The first-order chi connectivity index (χ1) is 11.5. The van der Waals surface area contributed by atoms with Gasteiger partial charge in [-0.25, -0.2) is 4.79 Å². The summed E-state index contributed by atoms with van der Waals surface area (Å²) >= 11 is 0. The fourth-order valence-corrected chi connectivity index (χ4v) is 2.22. The molecule has 1 atom stereocenters. The Morgan fingerprint density at radius 2 is 1.96 bits per heavy atom. The smallest absolute Gasteiger partial charge is 0.345 e. The highest BCUT2D eigenvalue weighted by molar-refractivity contribution is 5.96. The Bertz CT molecular complexity index is 638. The van der Waals surface area contributed by atoms with Crippen LogP contribution in [-0.2, 0) is 9.53 Å². The molecule has 0 saturated carbocycles. The average Bonchev–Trinajstić information content (AvgIpc) is 2.56. The van der Waals surface area contributed by atoms with E-state index in [1.54, 1.807) is 0 Å². The van der Waals surface area contributed by atoms with E-state index in [4.69, 9.17) is 14.2 Å². The predicted molar refractivity (Wildman–Crippen MR) is 88.1 cm³/mol. The highest BCUT2D eigenvalue weighted by Crippen LogP contribution is 2.34. The van der Waals surface area contributed by atoms with Crippen LogP contribution >= 0.6 is 0 Å². The zero-order chi connectivity index (χ0) is 17.5. The topological polar surface area (TPSA) is 134 Å². The standard InChI is InChI=1S/C17H20O7.H2O/c1-22-11-9-14(20)16-15(10-11)23-8-4-6-13(19)12(18)5-2-3-7-24-17(16)21;/h2,5,9-10,13,19-20H,3-4,6-8H2,1H3;1H2/b5-2-;/t13-;/m0./s1. The van der Waals surface area contributed by atoms with Crippen molar-refractivity contribution in [2.45, 2.75) is 25.4 Å². The fourth-order valence-electron chi connectivity index (χ4n) is 2.22. The first-order valence-electron chi connectivity index (χ1n) is 7.62.